The van der Waals surface area contributed by atoms with Crippen LogP contribution in [0.15, 0.2) is 40.2 Å². The maximum atomic E-state index is 12.0. The molecule has 0 aliphatic rings. The van der Waals surface area contributed by atoms with Gasteiger partial charge in [-0.3, -0.25) is 14.3 Å². The number of nitrogens with one attached hydrogen (secondary N) is 1. The van der Waals surface area contributed by atoms with Crippen molar-refractivity contribution in [2.24, 2.45) is 7.05 Å². The van der Waals surface area contributed by atoms with Gasteiger partial charge in [0.1, 0.15) is 0 Å². The van der Waals surface area contributed by atoms with Gasteiger partial charge in [-0.25, -0.2) is 9.78 Å². The predicted octanol–water partition coefficient (Wildman–Crippen LogP) is 1.08. The van der Waals surface area contributed by atoms with Crippen molar-refractivity contribution in [2.45, 2.75) is 6.54 Å². The molecule has 3 rings (SSSR count). The highest BCUT2D eigenvalue weighted by atomic mass is 127. The summed E-state index contributed by atoms with van der Waals surface area (Å²) >= 11 is 2.25. The Morgan fingerprint density at radius 2 is 2.05 bits per heavy atom. The molecule has 1 aromatic carbocycles. The lowest BCUT2D eigenvalue weighted by molar-refractivity contribution is 0.804. The average molecular weight is 382 g/mol. The number of hydrogen-bond acceptors (Lipinski definition) is 3. The topological polar surface area (TPSA) is 72.7 Å². The second-order valence-electron chi connectivity index (χ2n) is 4.45. The van der Waals surface area contributed by atoms with E-state index in [9.17, 15) is 9.59 Å². The summed E-state index contributed by atoms with van der Waals surface area (Å²) in [5, 5.41) is 0. The molecule has 0 saturated heterocycles. The van der Waals surface area contributed by atoms with Crippen molar-refractivity contribution in [2.75, 3.05) is 0 Å². The van der Waals surface area contributed by atoms with Gasteiger partial charge >= 0.3 is 5.69 Å². The molecule has 3 aromatic rings. The fraction of sp³-hybridized carbons (Fsp3) is 0.154. The van der Waals surface area contributed by atoms with E-state index in [0.29, 0.717) is 17.7 Å². The van der Waals surface area contributed by atoms with Gasteiger partial charge in [-0.05, 0) is 34.2 Å². The second-order valence-corrected chi connectivity index (χ2v) is 5.62. The molecule has 0 bridgehead atoms. The molecular formula is C13H11IN4O2. The zero-order valence-electron chi connectivity index (χ0n) is 10.6. The third kappa shape index (κ3) is 2.07. The number of fused-ring (bicyclic) bond motifs is 1. The number of halogens is 1. The van der Waals surface area contributed by atoms with E-state index in [1.165, 1.54) is 4.57 Å². The molecule has 0 spiro atoms. The molecule has 102 valence electrons. The molecule has 2 heterocycles. The van der Waals surface area contributed by atoms with Gasteiger partial charge < -0.3 is 4.57 Å². The molecule has 0 unspecified atom stereocenters. The molecular weight excluding hydrogens is 371 g/mol. The summed E-state index contributed by atoms with van der Waals surface area (Å²) in [5.41, 5.74) is 1.03. The first-order valence-corrected chi connectivity index (χ1v) is 7.03. The second kappa shape index (κ2) is 4.89. The zero-order valence-corrected chi connectivity index (χ0v) is 12.8. The van der Waals surface area contributed by atoms with Crippen LogP contribution >= 0.6 is 22.6 Å². The zero-order chi connectivity index (χ0) is 14.3. The normalized spacial score (nSPS) is 11.1. The molecule has 0 aliphatic heterocycles. The highest BCUT2D eigenvalue weighted by Gasteiger charge is 2.12. The Bertz CT molecular complexity index is 907. The number of aromatic amines is 1. The molecule has 0 radical (unpaired) electrons. The van der Waals surface area contributed by atoms with Crippen molar-refractivity contribution in [3.63, 3.8) is 0 Å². The molecule has 0 atom stereocenters. The summed E-state index contributed by atoms with van der Waals surface area (Å²) in [6.45, 7) is 0.539. The van der Waals surface area contributed by atoms with Crippen molar-refractivity contribution in [1.82, 2.24) is 19.1 Å². The van der Waals surface area contributed by atoms with Gasteiger partial charge in [-0.2, -0.15) is 0 Å². The van der Waals surface area contributed by atoms with Crippen LogP contribution in [0.2, 0.25) is 0 Å². The Morgan fingerprint density at radius 1 is 1.30 bits per heavy atom. The average Bonchev–Trinajstić information content (AvgIpc) is 2.83. The van der Waals surface area contributed by atoms with Crippen LogP contribution in [-0.2, 0) is 13.6 Å². The first-order valence-electron chi connectivity index (χ1n) is 5.95. The lowest BCUT2D eigenvalue weighted by atomic mass is 10.2. The summed E-state index contributed by atoms with van der Waals surface area (Å²) in [5.74, 6) is 0. The molecule has 1 N–H and O–H groups in total. The van der Waals surface area contributed by atoms with Crippen molar-refractivity contribution in [1.29, 1.82) is 0 Å². The number of aryl methyl sites for hydroxylation is 1. The molecule has 0 fully saturated rings. The molecule has 0 amide bonds. The molecule has 2 aromatic heterocycles. The first-order chi connectivity index (χ1) is 9.58. The van der Waals surface area contributed by atoms with Gasteiger partial charge in [0.2, 0.25) is 0 Å². The van der Waals surface area contributed by atoms with Crippen LogP contribution in [-0.4, -0.2) is 19.1 Å². The number of H-pyrrole nitrogens is 1. The molecule has 0 saturated carbocycles. The summed E-state index contributed by atoms with van der Waals surface area (Å²) in [6, 6.07) is 7.93. The minimum Gasteiger partial charge on any atom is -0.320 e. The van der Waals surface area contributed by atoms with E-state index in [4.69, 9.17) is 0 Å². The van der Waals surface area contributed by atoms with E-state index in [1.54, 1.807) is 17.9 Å². The fourth-order valence-corrected chi connectivity index (χ4v) is 2.67. The Morgan fingerprint density at radius 3 is 2.80 bits per heavy atom. The minimum absolute atomic E-state index is 0.393. The van der Waals surface area contributed by atoms with Gasteiger partial charge in [-0.1, -0.05) is 18.2 Å². The van der Waals surface area contributed by atoms with Crippen molar-refractivity contribution in [3.05, 3.63) is 60.6 Å². The number of hydrogen-bond donors (Lipinski definition) is 1. The smallest absolute Gasteiger partial charge is 0.320 e. The quantitative estimate of drug-likeness (QED) is 0.675. The summed E-state index contributed by atoms with van der Waals surface area (Å²) in [4.78, 5) is 30.0. The Labute approximate surface area is 127 Å². The van der Waals surface area contributed by atoms with Crippen molar-refractivity contribution < 1.29 is 0 Å². The van der Waals surface area contributed by atoms with E-state index < -0.39 is 11.2 Å². The van der Waals surface area contributed by atoms with E-state index in [1.807, 2.05) is 24.3 Å². The molecule has 7 heteroatoms. The van der Waals surface area contributed by atoms with E-state index >= 15 is 0 Å². The van der Waals surface area contributed by atoms with Crippen molar-refractivity contribution >= 4 is 33.8 Å². The lowest BCUT2D eigenvalue weighted by Crippen LogP contribution is -2.29. The summed E-state index contributed by atoms with van der Waals surface area (Å²) in [7, 11) is 1.59. The number of aromatic nitrogens is 4. The van der Waals surface area contributed by atoms with Gasteiger partial charge in [-0.15, -0.1) is 0 Å². The number of benzene rings is 1. The monoisotopic (exact) mass is 382 g/mol. The molecule has 0 aliphatic carbocycles. The summed E-state index contributed by atoms with van der Waals surface area (Å²) < 4.78 is 4.21. The predicted molar refractivity (Wildman–Crippen MR) is 83.9 cm³/mol. The largest absolute Gasteiger partial charge is 0.329 e. The summed E-state index contributed by atoms with van der Waals surface area (Å²) in [6.07, 6.45) is 1.59. The van der Waals surface area contributed by atoms with E-state index in [0.717, 1.165) is 9.13 Å². The third-order valence-corrected chi connectivity index (χ3v) is 4.23. The number of nitrogens with zero attached hydrogens (tertiary/aromatic N) is 3. The fourth-order valence-electron chi connectivity index (χ4n) is 2.12. The van der Waals surface area contributed by atoms with Gasteiger partial charge in [0.25, 0.3) is 5.56 Å². The van der Waals surface area contributed by atoms with Crippen molar-refractivity contribution in [3.8, 4) is 0 Å². The third-order valence-electron chi connectivity index (χ3n) is 3.17. The van der Waals surface area contributed by atoms with E-state index in [-0.39, 0.29) is 0 Å². The van der Waals surface area contributed by atoms with Crippen LogP contribution in [0.4, 0.5) is 0 Å². The van der Waals surface area contributed by atoms with Crippen LogP contribution < -0.4 is 11.2 Å². The van der Waals surface area contributed by atoms with Crippen LogP contribution in [0.25, 0.3) is 11.2 Å². The maximum absolute atomic E-state index is 12.0. The maximum Gasteiger partial charge on any atom is 0.329 e. The SMILES string of the molecule is Cn1c(=O)[nH]c(=O)c2c1ncn2Cc1ccccc1I. The highest BCUT2D eigenvalue weighted by Crippen LogP contribution is 2.15. The molecule has 20 heavy (non-hydrogen) atoms. The van der Waals surface area contributed by atoms with Crippen LogP contribution in [0.3, 0.4) is 0 Å². The van der Waals surface area contributed by atoms with Gasteiger partial charge in [0.15, 0.2) is 11.2 Å². The van der Waals surface area contributed by atoms with Crippen LogP contribution in [0.5, 0.6) is 0 Å². The standard InChI is InChI=1S/C13H11IN4O2/c1-17-11-10(12(19)16-13(17)20)18(7-15-11)6-8-4-2-3-5-9(8)14/h2-5,7H,6H2,1H3,(H,16,19,20). The number of rotatable bonds is 2. The van der Waals surface area contributed by atoms with E-state index in [2.05, 4.69) is 32.6 Å². The van der Waals surface area contributed by atoms with Gasteiger partial charge in [0, 0.05) is 10.6 Å². The minimum atomic E-state index is -0.456. The van der Waals surface area contributed by atoms with Crippen LogP contribution in [0.1, 0.15) is 5.56 Å². The lowest BCUT2D eigenvalue weighted by Gasteiger charge is -2.06. The van der Waals surface area contributed by atoms with Crippen LogP contribution in [0, 0.1) is 3.57 Å². The highest BCUT2D eigenvalue weighted by molar-refractivity contribution is 14.1. The number of imidazole rings is 1. The Kier molecular flexibility index (Phi) is 3.20. The Hall–Kier alpha value is -1.90. The first kappa shape index (κ1) is 13.1. The van der Waals surface area contributed by atoms with Gasteiger partial charge in [0.05, 0.1) is 12.9 Å². The Balaban J connectivity index is 2.19. The molecule has 6 nitrogen and oxygen atoms in total.